The number of esters is 1. The molecule has 0 fully saturated rings. The number of hydrogen-bond donors (Lipinski definition) is 1. The molecule has 2 rings (SSSR count). The van der Waals surface area contributed by atoms with Crippen LogP contribution >= 0.6 is 0 Å². The van der Waals surface area contributed by atoms with Gasteiger partial charge >= 0.3 is 5.97 Å². The fourth-order valence-electron chi connectivity index (χ4n) is 1.71. The molecule has 0 atom stereocenters. The van der Waals surface area contributed by atoms with Crippen LogP contribution in [-0.4, -0.2) is 24.0 Å². The van der Waals surface area contributed by atoms with E-state index in [0.29, 0.717) is 16.9 Å². The van der Waals surface area contributed by atoms with Crippen molar-refractivity contribution in [2.24, 2.45) is 0 Å². The number of benzene rings is 1. The highest BCUT2D eigenvalue weighted by atomic mass is 16.5. The molecule has 0 aliphatic heterocycles. The fraction of sp³-hybridized carbons (Fsp3) is 0.0625. The van der Waals surface area contributed by atoms with Crippen molar-refractivity contribution in [3.05, 3.63) is 66.4 Å². The van der Waals surface area contributed by atoms with Crippen LogP contribution in [0, 0.1) is 0 Å². The Morgan fingerprint density at radius 2 is 1.90 bits per heavy atom. The van der Waals surface area contributed by atoms with Gasteiger partial charge in [0.2, 0.25) is 0 Å². The summed E-state index contributed by atoms with van der Waals surface area (Å²) in [5, 5.41) is 2.67. The van der Waals surface area contributed by atoms with Gasteiger partial charge in [-0.05, 0) is 29.8 Å². The van der Waals surface area contributed by atoms with Gasteiger partial charge in [-0.1, -0.05) is 24.8 Å². The molecule has 0 aliphatic carbocycles. The topological polar surface area (TPSA) is 68.3 Å². The highest BCUT2D eigenvalue weighted by molar-refractivity contribution is 6.16. The molecule has 5 nitrogen and oxygen atoms in total. The van der Waals surface area contributed by atoms with Crippen molar-refractivity contribution < 1.29 is 14.3 Å². The van der Waals surface area contributed by atoms with Gasteiger partial charge in [0.1, 0.15) is 5.82 Å². The van der Waals surface area contributed by atoms with Crippen LogP contribution in [0.15, 0.2) is 55.2 Å². The van der Waals surface area contributed by atoms with Gasteiger partial charge in [0.05, 0.1) is 12.7 Å². The van der Waals surface area contributed by atoms with E-state index in [1.54, 1.807) is 48.7 Å². The zero-order valence-electron chi connectivity index (χ0n) is 11.5. The first-order valence-electron chi connectivity index (χ1n) is 6.22. The minimum Gasteiger partial charge on any atom is -0.465 e. The molecule has 1 heterocycles. The number of nitrogens with one attached hydrogen (secondary N) is 1. The van der Waals surface area contributed by atoms with Crippen LogP contribution in [0.5, 0.6) is 0 Å². The van der Waals surface area contributed by atoms with E-state index >= 15 is 0 Å². The van der Waals surface area contributed by atoms with Crippen LogP contribution in [0.25, 0.3) is 5.57 Å². The van der Waals surface area contributed by atoms with E-state index in [2.05, 4.69) is 21.6 Å². The Balaban J connectivity index is 2.19. The Morgan fingerprint density at radius 3 is 2.57 bits per heavy atom. The Bertz CT molecular complexity index is 681. The van der Waals surface area contributed by atoms with Crippen LogP contribution in [0.3, 0.4) is 0 Å². The molecule has 21 heavy (non-hydrogen) atoms. The lowest BCUT2D eigenvalue weighted by Gasteiger charge is -2.07. The number of hydrogen-bond acceptors (Lipinski definition) is 4. The number of ether oxygens (including phenoxy) is 1. The van der Waals surface area contributed by atoms with E-state index in [4.69, 9.17) is 0 Å². The first-order valence-corrected chi connectivity index (χ1v) is 6.22. The number of rotatable bonds is 4. The molecular formula is C16H14N2O3. The first-order chi connectivity index (χ1) is 10.1. The summed E-state index contributed by atoms with van der Waals surface area (Å²) >= 11 is 0. The molecule has 1 aromatic carbocycles. The highest BCUT2D eigenvalue weighted by Crippen LogP contribution is 2.16. The zero-order valence-corrected chi connectivity index (χ0v) is 11.5. The molecule has 0 aliphatic rings. The van der Waals surface area contributed by atoms with Crippen LogP contribution < -0.4 is 5.32 Å². The van der Waals surface area contributed by atoms with Crippen molar-refractivity contribution in [1.82, 2.24) is 4.98 Å². The summed E-state index contributed by atoms with van der Waals surface area (Å²) in [5.41, 5.74) is 1.14. The van der Waals surface area contributed by atoms with E-state index in [1.807, 2.05) is 0 Å². The second-order valence-corrected chi connectivity index (χ2v) is 4.22. The van der Waals surface area contributed by atoms with Crippen LogP contribution in [-0.2, 0) is 9.53 Å². The van der Waals surface area contributed by atoms with Crippen molar-refractivity contribution in [2.45, 2.75) is 0 Å². The summed E-state index contributed by atoms with van der Waals surface area (Å²) in [6.07, 6.45) is 1.59. The fourth-order valence-corrected chi connectivity index (χ4v) is 1.71. The Kier molecular flexibility index (Phi) is 4.46. The summed E-state index contributed by atoms with van der Waals surface area (Å²) in [4.78, 5) is 27.6. The third kappa shape index (κ3) is 3.54. The van der Waals surface area contributed by atoms with Gasteiger partial charge in [0.15, 0.2) is 0 Å². The number of methoxy groups -OCH3 is 1. The van der Waals surface area contributed by atoms with Gasteiger partial charge in [0.25, 0.3) is 5.91 Å². The monoisotopic (exact) mass is 282 g/mol. The Morgan fingerprint density at radius 1 is 1.14 bits per heavy atom. The van der Waals surface area contributed by atoms with Gasteiger partial charge in [-0.3, -0.25) is 4.79 Å². The highest BCUT2D eigenvalue weighted by Gasteiger charge is 2.12. The van der Waals surface area contributed by atoms with Gasteiger partial charge < -0.3 is 10.1 Å². The van der Waals surface area contributed by atoms with Crippen LogP contribution in [0.1, 0.15) is 15.9 Å². The molecule has 106 valence electrons. The predicted octanol–water partition coefficient (Wildman–Crippen LogP) is 2.52. The van der Waals surface area contributed by atoms with Gasteiger partial charge in [0, 0.05) is 11.8 Å². The summed E-state index contributed by atoms with van der Waals surface area (Å²) < 4.78 is 4.61. The summed E-state index contributed by atoms with van der Waals surface area (Å²) in [6, 6.07) is 11.8. The molecule has 1 N–H and O–H groups in total. The van der Waals surface area contributed by atoms with E-state index < -0.39 is 5.97 Å². The number of anilines is 1. The maximum atomic E-state index is 12.1. The number of aromatic nitrogens is 1. The predicted molar refractivity (Wildman–Crippen MR) is 79.7 cm³/mol. The molecule has 0 saturated heterocycles. The van der Waals surface area contributed by atoms with Gasteiger partial charge in [-0.25, -0.2) is 9.78 Å². The Hall–Kier alpha value is -2.95. The number of carbonyl (C=O) groups excluding carboxylic acids is 2. The largest absolute Gasteiger partial charge is 0.465 e. The molecule has 0 bridgehead atoms. The lowest BCUT2D eigenvalue weighted by atomic mass is 10.0. The summed E-state index contributed by atoms with van der Waals surface area (Å²) in [7, 11) is 1.28. The third-order valence-electron chi connectivity index (χ3n) is 2.81. The van der Waals surface area contributed by atoms with Gasteiger partial charge in [-0.15, -0.1) is 0 Å². The summed E-state index contributed by atoms with van der Waals surface area (Å²) in [5.74, 6) is -0.384. The molecule has 1 aromatic heterocycles. The van der Waals surface area contributed by atoms with Crippen molar-refractivity contribution in [3.63, 3.8) is 0 Å². The molecule has 0 saturated carbocycles. The standard InChI is InChI=1S/C16H14N2O3/c1-11(16(20)21-2)12-6-5-7-13(10-12)15(19)18-14-8-3-4-9-17-14/h3-10H,1H2,2H3,(H,17,18,19). The molecule has 2 aromatic rings. The number of pyridine rings is 1. The second kappa shape index (κ2) is 6.47. The average molecular weight is 282 g/mol. The lowest BCUT2D eigenvalue weighted by molar-refractivity contribution is -0.133. The molecular weight excluding hydrogens is 268 g/mol. The minimum atomic E-state index is -0.530. The maximum Gasteiger partial charge on any atom is 0.337 e. The number of carbonyl (C=O) groups is 2. The van der Waals surface area contributed by atoms with Crippen molar-refractivity contribution in [1.29, 1.82) is 0 Å². The zero-order chi connectivity index (χ0) is 15.2. The molecule has 0 unspecified atom stereocenters. The number of nitrogens with zero attached hydrogens (tertiary/aromatic N) is 1. The third-order valence-corrected chi connectivity index (χ3v) is 2.81. The molecule has 0 spiro atoms. The van der Waals surface area contributed by atoms with E-state index in [-0.39, 0.29) is 11.5 Å². The first kappa shape index (κ1) is 14.5. The Labute approximate surface area is 122 Å². The van der Waals surface area contributed by atoms with E-state index in [9.17, 15) is 9.59 Å². The SMILES string of the molecule is C=C(C(=O)OC)c1cccc(C(=O)Nc2ccccn2)c1. The van der Waals surface area contributed by atoms with Crippen molar-refractivity contribution >= 4 is 23.3 Å². The number of amides is 1. The van der Waals surface area contributed by atoms with E-state index in [0.717, 1.165) is 0 Å². The maximum absolute atomic E-state index is 12.1. The van der Waals surface area contributed by atoms with Crippen LogP contribution in [0.2, 0.25) is 0 Å². The van der Waals surface area contributed by atoms with Crippen LogP contribution in [0.4, 0.5) is 5.82 Å². The molecule has 0 radical (unpaired) electrons. The molecule has 1 amide bonds. The van der Waals surface area contributed by atoms with E-state index in [1.165, 1.54) is 7.11 Å². The average Bonchev–Trinajstić information content (AvgIpc) is 2.54. The van der Waals surface area contributed by atoms with Crippen molar-refractivity contribution in [3.8, 4) is 0 Å². The van der Waals surface area contributed by atoms with Gasteiger partial charge in [-0.2, -0.15) is 0 Å². The lowest BCUT2D eigenvalue weighted by Crippen LogP contribution is -2.13. The minimum absolute atomic E-state index is 0.199. The smallest absolute Gasteiger partial charge is 0.337 e. The quantitative estimate of drug-likeness (QED) is 0.691. The molecule has 5 heteroatoms. The second-order valence-electron chi connectivity index (χ2n) is 4.22. The van der Waals surface area contributed by atoms with Crippen molar-refractivity contribution in [2.75, 3.05) is 12.4 Å². The summed E-state index contributed by atoms with van der Waals surface area (Å²) in [6.45, 7) is 3.66. The normalized spacial score (nSPS) is 9.76.